The molecule has 0 fully saturated rings. The smallest absolute Gasteiger partial charge is 0.133 e. The second-order valence-corrected chi connectivity index (χ2v) is 3.71. The molecule has 1 aliphatic rings. The Balaban J connectivity index is 2.53. The van der Waals surface area contributed by atoms with Crippen LogP contribution in [0.4, 0.5) is 0 Å². The molecular weight excluding hydrogens is 160 g/mol. The fourth-order valence-corrected chi connectivity index (χ4v) is 1.84. The van der Waals surface area contributed by atoms with E-state index in [-0.39, 0.29) is 0 Å². The zero-order valence-corrected chi connectivity index (χ0v) is 8.18. The lowest BCUT2D eigenvalue weighted by Crippen LogP contribution is -2.07. The summed E-state index contributed by atoms with van der Waals surface area (Å²) >= 11 is 0. The van der Waals surface area contributed by atoms with E-state index in [1.165, 1.54) is 16.7 Å². The number of hydrogen-bond donors (Lipinski definition) is 0. The molecule has 0 saturated heterocycles. The molecule has 2 rings (SSSR count). The summed E-state index contributed by atoms with van der Waals surface area (Å²) in [6.07, 6.45) is 2.02. The summed E-state index contributed by atoms with van der Waals surface area (Å²) < 4.78 is 5.62. The van der Waals surface area contributed by atoms with Crippen molar-refractivity contribution in [1.82, 2.24) is 0 Å². The van der Waals surface area contributed by atoms with Crippen LogP contribution in [0.2, 0.25) is 0 Å². The highest BCUT2D eigenvalue weighted by molar-refractivity contribution is 5.46. The molecular formula is C12H14O. The minimum absolute atomic E-state index is 0.888. The Hall–Kier alpha value is -1.24. The fourth-order valence-electron chi connectivity index (χ4n) is 1.84. The standard InChI is InChI=1S/C12H14O/c1-8-6-9(2)12-11(7-8)5-4-10(3)13-12/h6-7H,3-5H2,1-2H3. The normalized spacial score (nSPS) is 15.1. The average molecular weight is 174 g/mol. The molecule has 1 nitrogen and oxygen atoms in total. The van der Waals surface area contributed by atoms with Crippen molar-refractivity contribution in [2.75, 3.05) is 0 Å². The predicted octanol–water partition coefficient (Wildman–Crippen LogP) is 3.14. The fraction of sp³-hybridized carbons (Fsp3) is 0.333. The molecule has 68 valence electrons. The number of hydrogen-bond acceptors (Lipinski definition) is 1. The molecule has 0 unspecified atom stereocenters. The molecule has 1 heteroatoms. The third kappa shape index (κ3) is 1.46. The highest BCUT2D eigenvalue weighted by atomic mass is 16.5. The van der Waals surface area contributed by atoms with E-state index in [9.17, 15) is 0 Å². The molecule has 0 saturated carbocycles. The van der Waals surface area contributed by atoms with Crippen molar-refractivity contribution in [1.29, 1.82) is 0 Å². The maximum absolute atomic E-state index is 5.62. The second-order valence-electron chi connectivity index (χ2n) is 3.71. The van der Waals surface area contributed by atoms with Gasteiger partial charge in [-0.3, -0.25) is 0 Å². The first-order valence-corrected chi connectivity index (χ1v) is 4.62. The van der Waals surface area contributed by atoms with Crippen LogP contribution in [0.3, 0.4) is 0 Å². The molecule has 0 bridgehead atoms. The third-order valence-corrected chi connectivity index (χ3v) is 2.42. The number of benzene rings is 1. The molecule has 0 amide bonds. The zero-order chi connectivity index (χ0) is 9.42. The molecule has 0 radical (unpaired) electrons. The van der Waals surface area contributed by atoms with Crippen molar-refractivity contribution in [3.8, 4) is 5.75 Å². The van der Waals surface area contributed by atoms with Gasteiger partial charge < -0.3 is 4.74 Å². The van der Waals surface area contributed by atoms with E-state index in [0.29, 0.717) is 0 Å². The van der Waals surface area contributed by atoms with Crippen LogP contribution in [0, 0.1) is 13.8 Å². The molecule has 13 heavy (non-hydrogen) atoms. The van der Waals surface area contributed by atoms with Crippen LogP contribution >= 0.6 is 0 Å². The summed E-state index contributed by atoms with van der Waals surface area (Å²) in [5.41, 5.74) is 3.85. The summed E-state index contributed by atoms with van der Waals surface area (Å²) in [5.74, 6) is 1.92. The Labute approximate surface area is 79.0 Å². The maximum atomic E-state index is 5.62. The zero-order valence-electron chi connectivity index (χ0n) is 8.18. The van der Waals surface area contributed by atoms with Crippen LogP contribution in [0.1, 0.15) is 23.1 Å². The molecule has 0 aliphatic carbocycles. The van der Waals surface area contributed by atoms with Crippen molar-refractivity contribution in [2.45, 2.75) is 26.7 Å². The number of allylic oxidation sites excluding steroid dienone is 1. The van der Waals surface area contributed by atoms with Crippen molar-refractivity contribution in [3.05, 3.63) is 41.2 Å². The van der Waals surface area contributed by atoms with Gasteiger partial charge in [-0.2, -0.15) is 0 Å². The molecule has 1 aromatic carbocycles. The van der Waals surface area contributed by atoms with Gasteiger partial charge in [0.05, 0.1) is 5.76 Å². The quantitative estimate of drug-likeness (QED) is 0.587. The van der Waals surface area contributed by atoms with Crippen LogP contribution in [0.25, 0.3) is 0 Å². The van der Waals surface area contributed by atoms with E-state index in [2.05, 4.69) is 32.6 Å². The van der Waals surface area contributed by atoms with Gasteiger partial charge in [-0.05, 0) is 31.4 Å². The molecule has 0 atom stereocenters. The van der Waals surface area contributed by atoms with Gasteiger partial charge in [-0.15, -0.1) is 0 Å². The van der Waals surface area contributed by atoms with Gasteiger partial charge in [-0.1, -0.05) is 24.3 Å². The number of rotatable bonds is 0. The topological polar surface area (TPSA) is 9.23 Å². The predicted molar refractivity (Wildman–Crippen MR) is 54.0 cm³/mol. The second kappa shape index (κ2) is 2.91. The molecule has 1 heterocycles. The van der Waals surface area contributed by atoms with Crippen molar-refractivity contribution >= 4 is 0 Å². The Morgan fingerprint density at radius 2 is 2.00 bits per heavy atom. The van der Waals surface area contributed by atoms with Crippen molar-refractivity contribution < 1.29 is 4.74 Å². The van der Waals surface area contributed by atoms with Gasteiger partial charge in [0.2, 0.25) is 0 Å². The van der Waals surface area contributed by atoms with Gasteiger partial charge in [0.25, 0.3) is 0 Å². The molecule has 0 aromatic heterocycles. The Morgan fingerprint density at radius 1 is 1.23 bits per heavy atom. The minimum Gasteiger partial charge on any atom is -0.462 e. The van der Waals surface area contributed by atoms with E-state index in [1.54, 1.807) is 0 Å². The van der Waals surface area contributed by atoms with E-state index in [1.807, 2.05) is 0 Å². The Bertz CT molecular complexity index is 364. The monoisotopic (exact) mass is 174 g/mol. The molecule has 1 aromatic rings. The SMILES string of the molecule is C=C1CCc2cc(C)cc(C)c2O1. The largest absolute Gasteiger partial charge is 0.462 e. The summed E-state index contributed by atoms with van der Waals surface area (Å²) in [7, 11) is 0. The lowest BCUT2D eigenvalue weighted by atomic mass is 9.99. The van der Waals surface area contributed by atoms with Crippen LogP contribution in [0.15, 0.2) is 24.5 Å². The summed E-state index contributed by atoms with van der Waals surface area (Å²) in [4.78, 5) is 0. The minimum atomic E-state index is 0.888. The Kier molecular flexibility index (Phi) is 1.87. The van der Waals surface area contributed by atoms with Gasteiger partial charge in [0, 0.05) is 6.42 Å². The molecule has 1 aliphatic heterocycles. The van der Waals surface area contributed by atoms with Gasteiger partial charge >= 0.3 is 0 Å². The van der Waals surface area contributed by atoms with Crippen LogP contribution < -0.4 is 4.74 Å². The lowest BCUT2D eigenvalue weighted by Gasteiger charge is -2.21. The molecule has 0 spiro atoms. The van der Waals surface area contributed by atoms with E-state index >= 15 is 0 Å². The number of ether oxygens (including phenoxy) is 1. The molecule has 0 N–H and O–H groups in total. The van der Waals surface area contributed by atoms with Crippen LogP contribution in [-0.4, -0.2) is 0 Å². The highest BCUT2D eigenvalue weighted by Crippen LogP contribution is 2.32. The first kappa shape index (κ1) is 8.36. The van der Waals surface area contributed by atoms with Gasteiger partial charge in [0.1, 0.15) is 5.75 Å². The summed E-state index contributed by atoms with van der Waals surface area (Å²) in [6.45, 7) is 8.06. The van der Waals surface area contributed by atoms with E-state index in [4.69, 9.17) is 4.74 Å². The van der Waals surface area contributed by atoms with Crippen LogP contribution in [0.5, 0.6) is 5.75 Å². The first-order chi connectivity index (χ1) is 6.16. The van der Waals surface area contributed by atoms with Gasteiger partial charge in [-0.25, -0.2) is 0 Å². The van der Waals surface area contributed by atoms with Crippen LogP contribution in [-0.2, 0) is 6.42 Å². The third-order valence-electron chi connectivity index (χ3n) is 2.42. The highest BCUT2D eigenvalue weighted by Gasteiger charge is 2.15. The maximum Gasteiger partial charge on any atom is 0.133 e. The summed E-state index contributed by atoms with van der Waals surface area (Å²) in [5, 5.41) is 0. The summed E-state index contributed by atoms with van der Waals surface area (Å²) in [6, 6.07) is 4.35. The van der Waals surface area contributed by atoms with Crippen molar-refractivity contribution in [2.24, 2.45) is 0 Å². The first-order valence-electron chi connectivity index (χ1n) is 4.62. The lowest BCUT2D eigenvalue weighted by molar-refractivity contribution is 0.378. The number of fused-ring (bicyclic) bond motifs is 1. The van der Waals surface area contributed by atoms with Gasteiger partial charge in [0.15, 0.2) is 0 Å². The average Bonchev–Trinajstić information content (AvgIpc) is 2.06. The Morgan fingerprint density at radius 3 is 2.77 bits per heavy atom. The van der Waals surface area contributed by atoms with Crippen molar-refractivity contribution in [3.63, 3.8) is 0 Å². The van der Waals surface area contributed by atoms with E-state index < -0.39 is 0 Å². The number of aryl methyl sites for hydroxylation is 3. The van der Waals surface area contributed by atoms with E-state index in [0.717, 1.165) is 24.4 Å².